The quantitative estimate of drug-likeness (QED) is 0.790. The van der Waals surface area contributed by atoms with Gasteiger partial charge in [0.15, 0.2) is 0 Å². The highest BCUT2D eigenvalue weighted by Crippen LogP contribution is 2.23. The van der Waals surface area contributed by atoms with Crippen LogP contribution in [0, 0.1) is 11.3 Å². The van der Waals surface area contributed by atoms with Crippen LogP contribution in [0.3, 0.4) is 0 Å². The molecule has 0 aliphatic rings. The van der Waals surface area contributed by atoms with Gasteiger partial charge in [0.25, 0.3) is 0 Å². The monoisotopic (exact) mass is 191 g/mol. The summed E-state index contributed by atoms with van der Waals surface area (Å²) in [5.74, 6) is 0.627. The number of nitriles is 1. The zero-order chi connectivity index (χ0) is 10.6. The molecule has 0 fully saturated rings. The molecule has 0 bridgehead atoms. The summed E-state index contributed by atoms with van der Waals surface area (Å²) < 4.78 is 5.07. The fraction of sp³-hybridized carbons (Fsp3) is 0.364. The van der Waals surface area contributed by atoms with Gasteiger partial charge in [0.2, 0.25) is 0 Å². The van der Waals surface area contributed by atoms with E-state index in [1.807, 2.05) is 19.1 Å². The molecule has 14 heavy (non-hydrogen) atoms. The largest absolute Gasteiger partial charge is 0.495 e. The molecule has 0 unspecified atom stereocenters. The summed E-state index contributed by atoms with van der Waals surface area (Å²) >= 11 is 0. The van der Waals surface area contributed by atoms with Crippen molar-refractivity contribution in [3.63, 3.8) is 0 Å². The Hall–Kier alpha value is -1.53. The summed E-state index contributed by atoms with van der Waals surface area (Å²) in [7, 11) is 1.53. The van der Waals surface area contributed by atoms with Gasteiger partial charge in [-0.05, 0) is 17.7 Å². The fourth-order valence-corrected chi connectivity index (χ4v) is 1.21. The second kappa shape index (κ2) is 4.64. The van der Waals surface area contributed by atoms with E-state index in [4.69, 9.17) is 15.1 Å². The lowest BCUT2D eigenvalue weighted by atomic mass is 10.0. The average molecular weight is 191 g/mol. The molecule has 0 aromatic heterocycles. The van der Waals surface area contributed by atoms with Crippen molar-refractivity contribution in [1.82, 2.24) is 0 Å². The highest BCUT2D eigenvalue weighted by molar-refractivity contribution is 5.45. The zero-order valence-corrected chi connectivity index (χ0v) is 8.32. The van der Waals surface area contributed by atoms with Gasteiger partial charge < -0.3 is 9.84 Å². The van der Waals surface area contributed by atoms with Crippen molar-refractivity contribution in [1.29, 1.82) is 5.26 Å². The van der Waals surface area contributed by atoms with Crippen LogP contribution in [0.4, 0.5) is 0 Å². The van der Waals surface area contributed by atoms with E-state index in [9.17, 15) is 0 Å². The first-order valence-corrected chi connectivity index (χ1v) is 4.41. The minimum atomic E-state index is 0.0663. The van der Waals surface area contributed by atoms with Crippen molar-refractivity contribution >= 4 is 0 Å². The molecule has 74 valence electrons. The smallest absolute Gasteiger partial charge is 0.136 e. The van der Waals surface area contributed by atoms with Crippen LogP contribution in [0.25, 0.3) is 0 Å². The maximum Gasteiger partial charge on any atom is 0.136 e. The maximum absolute atomic E-state index is 8.97. The number of aliphatic hydroxyl groups excluding tert-OH is 1. The zero-order valence-electron chi connectivity index (χ0n) is 8.32. The van der Waals surface area contributed by atoms with Gasteiger partial charge in [-0.3, -0.25) is 0 Å². The van der Waals surface area contributed by atoms with E-state index < -0.39 is 0 Å². The van der Waals surface area contributed by atoms with Crippen LogP contribution in [0.5, 0.6) is 5.75 Å². The highest BCUT2D eigenvalue weighted by Gasteiger charge is 2.08. The van der Waals surface area contributed by atoms with E-state index in [0.29, 0.717) is 11.3 Å². The molecule has 1 rings (SSSR count). The molecule has 0 saturated carbocycles. The Kier molecular flexibility index (Phi) is 3.49. The van der Waals surface area contributed by atoms with Crippen molar-refractivity contribution in [3.05, 3.63) is 29.3 Å². The van der Waals surface area contributed by atoms with E-state index in [0.717, 1.165) is 5.56 Å². The molecule has 0 aliphatic heterocycles. The van der Waals surface area contributed by atoms with E-state index >= 15 is 0 Å². The summed E-state index contributed by atoms with van der Waals surface area (Å²) in [5, 5.41) is 17.7. The van der Waals surface area contributed by atoms with Gasteiger partial charge in [-0.2, -0.15) is 5.26 Å². The summed E-state index contributed by atoms with van der Waals surface area (Å²) in [6, 6.07) is 7.38. The maximum atomic E-state index is 8.97. The first kappa shape index (κ1) is 10.6. The molecule has 0 amide bonds. The number of ether oxygens (including phenoxy) is 1. The lowest BCUT2D eigenvalue weighted by Gasteiger charge is -2.10. The third kappa shape index (κ3) is 2.04. The molecule has 1 aromatic rings. The van der Waals surface area contributed by atoms with Crippen LogP contribution in [0.1, 0.15) is 24.0 Å². The molecule has 0 saturated heterocycles. The molecule has 1 N–H and O–H groups in total. The van der Waals surface area contributed by atoms with Gasteiger partial charge in [0.05, 0.1) is 12.7 Å². The second-order valence-electron chi connectivity index (χ2n) is 3.16. The number of rotatable bonds is 3. The Bertz CT molecular complexity index is 355. The fourth-order valence-electron chi connectivity index (χ4n) is 1.21. The molecular weight excluding hydrogens is 178 g/mol. The summed E-state index contributed by atoms with van der Waals surface area (Å²) in [6.45, 7) is 2.01. The second-order valence-corrected chi connectivity index (χ2v) is 3.16. The van der Waals surface area contributed by atoms with Gasteiger partial charge in [-0.1, -0.05) is 13.0 Å². The third-order valence-electron chi connectivity index (χ3n) is 2.19. The summed E-state index contributed by atoms with van der Waals surface area (Å²) in [5.41, 5.74) is 1.49. The van der Waals surface area contributed by atoms with Crippen LogP contribution in [-0.2, 0) is 0 Å². The molecule has 0 aliphatic carbocycles. The number of methoxy groups -OCH3 is 1. The summed E-state index contributed by atoms with van der Waals surface area (Å²) in [4.78, 5) is 0. The van der Waals surface area contributed by atoms with Crippen molar-refractivity contribution in [2.75, 3.05) is 13.7 Å². The predicted molar refractivity (Wildman–Crippen MR) is 53.2 cm³/mol. The van der Waals surface area contributed by atoms with Crippen molar-refractivity contribution in [3.8, 4) is 11.8 Å². The van der Waals surface area contributed by atoms with Gasteiger partial charge >= 0.3 is 0 Å². The van der Waals surface area contributed by atoms with Crippen molar-refractivity contribution in [2.24, 2.45) is 0 Å². The third-order valence-corrected chi connectivity index (χ3v) is 2.19. The SMILES string of the molecule is COc1cc([C@@H](C)CO)ccc1C#N. The predicted octanol–water partition coefficient (Wildman–Crippen LogP) is 1.66. The van der Waals surface area contributed by atoms with Gasteiger partial charge in [0.1, 0.15) is 11.8 Å². The molecule has 3 nitrogen and oxygen atoms in total. The first-order chi connectivity index (χ1) is 6.72. The normalized spacial score (nSPS) is 11.9. The van der Waals surface area contributed by atoms with Crippen molar-refractivity contribution in [2.45, 2.75) is 12.8 Å². The van der Waals surface area contributed by atoms with E-state index in [1.165, 1.54) is 7.11 Å². The van der Waals surface area contributed by atoms with E-state index in [2.05, 4.69) is 0 Å². The number of aliphatic hydroxyl groups is 1. The Morgan fingerprint density at radius 1 is 1.57 bits per heavy atom. The lowest BCUT2D eigenvalue weighted by molar-refractivity contribution is 0.273. The number of hydrogen-bond donors (Lipinski definition) is 1. The van der Waals surface area contributed by atoms with Crippen LogP contribution in [0.2, 0.25) is 0 Å². The van der Waals surface area contributed by atoms with Crippen LogP contribution < -0.4 is 4.74 Å². The van der Waals surface area contributed by atoms with Gasteiger partial charge in [0, 0.05) is 12.5 Å². The minimum Gasteiger partial charge on any atom is -0.495 e. The Labute approximate surface area is 83.6 Å². The summed E-state index contributed by atoms with van der Waals surface area (Å²) in [6.07, 6.45) is 0. The first-order valence-electron chi connectivity index (χ1n) is 4.41. The number of hydrogen-bond acceptors (Lipinski definition) is 3. The van der Waals surface area contributed by atoms with Crippen LogP contribution >= 0.6 is 0 Å². The van der Waals surface area contributed by atoms with Crippen LogP contribution in [-0.4, -0.2) is 18.8 Å². The van der Waals surface area contributed by atoms with Crippen LogP contribution in [0.15, 0.2) is 18.2 Å². The van der Waals surface area contributed by atoms with Gasteiger partial charge in [-0.15, -0.1) is 0 Å². The minimum absolute atomic E-state index is 0.0663. The molecule has 0 spiro atoms. The molecule has 0 radical (unpaired) electrons. The standard InChI is InChI=1S/C11H13NO2/c1-8(7-13)9-3-4-10(6-12)11(5-9)14-2/h3-5,8,13H,7H2,1-2H3/t8-/m0/s1. The van der Waals surface area contributed by atoms with Crippen molar-refractivity contribution < 1.29 is 9.84 Å². The number of benzene rings is 1. The number of nitrogens with zero attached hydrogens (tertiary/aromatic N) is 1. The van der Waals surface area contributed by atoms with Gasteiger partial charge in [-0.25, -0.2) is 0 Å². The molecule has 3 heteroatoms. The Balaban J connectivity index is 3.09. The van der Waals surface area contributed by atoms with E-state index in [1.54, 1.807) is 12.1 Å². The molecule has 1 atom stereocenters. The Morgan fingerprint density at radius 3 is 2.79 bits per heavy atom. The lowest BCUT2D eigenvalue weighted by Crippen LogP contribution is -2.00. The average Bonchev–Trinajstić information content (AvgIpc) is 2.26. The molecular formula is C11H13NO2. The highest BCUT2D eigenvalue weighted by atomic mass is 16.5. The Morgan fingerprint density at radius 2 is 2.29 bits per heavy atom. The van der Waals surface area contributed by atoms with E-state index in [-0.39, 0.29) is 12.5 Å². The molecule has 1 aromatic carbocycles. The molecule has 0 heterocycles. The topological polar surface area (TPSA) is 53.2 Å².